The van der Waals surface area contributed by atoms with Crippen LogP contribution >= 0.6 is 0 Å². The number of urea groups is 1. The van der Waals surface area contributed by atoms with Gasteiger partial charge in [-0.05, 0) is 85.6 Å². The second-order valence-corrected chi connectivity index (χ2v) is 11.1. The minimum atomic E-state index is -3.62. The van der Waals surface area contributed by atoms with Crippen LogP contribution in [0.2, 0.25) is 0 Å². The van der Waals surface area contributed by atoms with Gasteiger partial charge in [-0.1, -0.05) is 13.0 Å². The zero-order chi connectivity index (χ0) is 19.5. The van der Waals surface area contributed by atoms with Crippen LogP contribution in [0.15, 0.2) is 6.07 Å². The molecule has 1 heterocycles. The third kappa shape index (κ3) is 3.99. The van der Waals surface area contributed by atoms with Gasteiger partial charge in [-0.3, -0.25) is 0 Å². The number of fused-ring (bicyclic) bond motifs is 2. The van der Waals surface area contributed by atoms with Gasteiger partial charge in [-0.2, -0.15) is 0 Å². The summed E-state index contributed by atoms with van der Waals surface area (Å²) in [4.78, 5) is 14.9. The van der Waals surface area contributed by atoms with Crippen LogP contribution in [0.5, 0.6) is 0 Å². The fourth-order valence-corrected chi connectivity index (χ4v) is 7.45. The SMILES string of the molecule is CCN1CC2(CC(S(=O)(=O)NC(=O)Nc3c4c(cc5c3CCC5)CCC4)C2)C1.[K]. The smallest absolute Gasteiger partial charge is 0.307 e. The van der Waals surface area contributed by atoms with Gasteiger partial charge in [0.2, 0.25) is 10.0 Å². The Morgan fingerprint density at radius 3 is 2.24 bits per heavy atom. The van der Waals surface area contributed by atoms with Gasteiger partial charge in [0.25, 0.3) is 0 Å². The molecule has 0 bridgehead atoms. The first-order valence-electron chi connectivity index (χ1n) is 10.6. The Morgan fingerprint density at radius 1 is 1.10 bits per heavy atom. The van der Waals surface area contributed by atoms with E-state index in [4.69, 9.17) is 0 Å². The molecule has 1 aliphatic heterocycles. The molecular formula is C21H29KN3O3S. The molecule has 8 heteroatoms. The number of hydrogen-bond acceptors (Lipinski definition) is 4. The Hall–Kier alpha value is 0.0364. The number of nitrogens with one attached hydrogen (secondary N) is 2. The third-order valence-corrected chi connectivity index (χ3v) is 8.95. The number of benzene rings is 1. The number of aryl methyl sites for hydroxylation is 2. The molecule has 1 aromatic carbocycles. The topological polar surface area (TPSA) is 78.5 Å². The summed E-state index contributed by atoms with van der Waals surface area (Å²) in [7, 11) is -3.62. The van der Waals surface area contributed by atoms with Gasteiger partial charge in [-0.15, -0.1) is 0 Å². The maximum absolute atomic E-state index is 12.7. The van der Waals surface area contributed by atoms with Crippen LogP contribution in [-0.2, 0) is 35.7 Å². The Balaban J connectivity index is 0.00000205. The van der Waals surface area contributed by atoms with Crippen molar-refractivity contribution in [3.8, 4) is 0 Å². The van der Waals surface area contributed by atoms with Crippen molar-refractivity contribution in [2.24, 2.45) is 5.41 Å². The van der Waals surface area contributed by atoms with Crippen molar-refractivity contribution < 1.29 is 13.2 Å². The number of sulfonamides is 1. The average molecular weight is 443 g/mol. The fourth-order valence-electron chi connectivity index (χ4n) is 5.83. The first-order chi connectivity index (χ1) is 13.4. The molecule has 6 nitrogen and oxygen atoms in total. The van der Waals surface area contributed by atoms with Crippen LogP contribution in [0.3, 0.4) is 0 Å². The van der Waals surface area contributed by atoms with E-state index in [0.717, 1.165) is 63.8 Å². The summed E-state index contributed by atoms with van der Waals surface area (Å²) >= 11 is 0. The molecule has 1 saturated carbocycles. The molecule has 0 aromatic heterocycles. The van der Waals surface area contributed by atoms with Crippen LogP contribution in [0.4, 0.5) is 10.5 Å². The van der Waals surface area contributed by atoms with Crippen LogP contribution in [0.1, 0.15) is 54.9 Å². The molecule has 29 heavy (non-hydrogen) atoms. The second-order valence-electron chi connectivity index (χ2n) is 9.17. The molecule has 1 saturated heterocycles. The molecule has 2 fully saturated rings. The van der Waals surface area contributed by atoms with Crippen LogP contribution in [0.25, 0.3) is 0 Å². The number of hydrogen-bond donors (Lipinski definition) is 2. The minimum Gasteiger partial charge on any atom is -0.307 e. The van der Waals surface area contributed by atoms with E-state index in [1.165, 1.54) is 22.3 Å². The van der Waals surface area contributed by atoms with Crippen LogP contribution in [0, 0.1) is 5.41 Å². The molecule has 5 rings (SSSR count). The maximum Gasteiger partial charge on any atom is 0.332 e. The van der Waals surface area contributed by atoms with Gasteiger partial charge in [0.05, 0.1) is 5.25 Å². The maximum atomic E-state index is 12.7. The second kappa shape index (κ2) is 8.19. The quantitative estimate of drug-likeness (QED) is 0.701. The van der Waals surface area contributed by atoms with Crippen molar-refractivity contribution in [1.82, 2.24) is 9.62 Å². The molecule has 4 aliphatic rings. The molecule has 2 N–H and O–H groups in total. The Labute approximate surface area is 216 Å². The van der Waals surface area contributed by atoms with Crippen LogP contribution in [-0.4, -0.2) is 95.6 Å². The minimum absolute atomic E-state index is 0. The third-order valence-electron chi connectivity index (χ3n) is 7.27. The summed E-state index contributed by atoms with van der Waals surface area (Å²) in [5.41, 5.74) is 6.13. The monoisotopic (exact) mass is 442 g/mol. The number of carbonyl (C=O) groups excluding carboxylic acids is 1. The molecule has 1 spiro atoms. The predicted octanol–water partition coefficient (Wildman–Crippen LogP) is 2.22. The fraction of sp³-hybridized carbons (Fsp3) is 0.667. The summed E-state index contributed by atoms with van der Waals surface area (Å²) in [6, 6.07) is 1.70. The van der Waals surface area contributed by atoms with Gasteiger partial charge < -0.3 is 10.2 Å². The van der Waals surface area contributed by atoms with Gasteiger partial charge in [0.1, 0.15) is 0 Å². The van der Waals surface area contributed by atoms with Gasteiger partial charge >= 0.3 is 6.03 Å². The molecule has 0 unspecified atom stereocenters. The molecule has 0 atom stereocenters. The van der Waals surface area contributed by atoms with Crippen molar-refractivity contribution in [3.63, 3.8) is 0 Å². The van der Waals surface area contributed by atoms with E-state index < -0.39 is 21.3 Å². The van der Waals surface area contributed by atoms with E-state index in [9.17, 15) is 13.2 Å². The average Bonchev–Trinajstić information content (AvgIpc) is 3.20. The largest absolute Gasteiger partial charge is 0.332 e. The standard InChI is InChI=1S/C21H29N3O3S.K/c1-2-24-12-21(13-24)10-16(11-21)28(26,27)23-20(25)22-19-17-7-3-5-14(17)9-15-6-4-8-18(15)19;/h9,16H,2-8,10-13H2,1H3,(H2,22,23,25);. The van der Waals surface area contributed by atoms with E-state index in [2.05, 4.69) is 27.9 Å². The van der Waals surface area contributed by atoms with E-state index in [1.54, 1.807) is 0 Å². The van der Waals surface area contributed by atoms with Crippen molar-refractivity contribution in [2.45, 2.75) is 63.5 Å². The van der Waals surface area contributed by atoms with Crippen molar-refractivity contribution in [3.05, 3.63) is 28.3 Å². The summed E-state index contributed by atoms with van der Waals surface area (Å²) in [5.74, 6) is 0. The Kier molecular flexibility index (Phi) is 6.28. The predicted molar refractivity (Wildman–Crippen MR) is 115 cm³/mol. The van der Waals surface area contributed by atoms with E-state index in [0.29, 0.717) is 12.8 Å². The molecular weight excluding hydrogens is 413 g/mol. The Morgan fingerprint density at radius 2 is 1.69 bits per heavy atom. The number of anilines is 1. The van der Waals surface area contributed by atoms with Gasteiger partial charge in [-0.25, -0.2) is 17.9 Å². The van der Waals surface area contributed by atoms with E-state index >= 15 is 0 Å². The normalized spacial score (nSPS) is 22.2. The van der Waals surface area contributed by atoms with E-state index in [-0.39, 0.29) is 56.8 Å². The number of amides is 2. The van der Waals surface area contributed by atoms with Crippen molar-refractivity contribution in [1.29, 1.82) is 0 Å². The summed E-state index contributed by atoms with van der Waals surface area (Å²) < 4.78 is 27.7. The molecule has 3 aliphatic carbocycles. The molecule has 1 radical (unpaired) electrons. The molecule has 2 amide bonds. The summed E-state index contributed by atoms with van der Waals surface area (Å²) in [6.07, 6.45) is 7.57. The summed E-state index contributed by atoms with van der Waals surface area (Å²) in [5, 5.41) is 2.49. The molecule has 153 valence electrons. The van der Waals surface area contributed by atoms with Crippen LogP contribution < -0.4 is 10.0 Å². The zero-order valence-corrected chi connectivity index (χ0v) is 21.5. The number of carbonyl (C=O) groups is 1. The first-order valence-corrected chi connectivity index (χ1v) is 12.2. The van der Waals surface area contributed by atoms with Gasteiger partial charge in [0, 0.05) is 70.2 Å². The molecule has 1 aromatic rings. The number of rotatable bonds is 4. The van der Waals surface area contributed by atoms with Gasteiger partial charge in [0.15, 0.2) is 0 Å². The van der Waals surface area contributed by atoms with E-state index in [1.807, 2.05) is 0 Å². The van der Waals surface area contributed by atoms with Crippen molar-refractivity contribution >= 4 is 73.1 Å². The first kappa shape index (κ1) is 22.2. The Bertz CT molecular complexity index is 901. The zero-order valence-electron chi connectivity index (χ0n) is 17.5. The number of likely N-dealkylation sites (tertiary alicyclic amines) is 1. The summed E-state index contributed by atoms with van der Waals surface area (Å²) in [6.45, 7) is 5.13. The number of nitrogens with zero attached hydrogens (tertiary/aromatic N) is 1. The van der Waals surface area contributed by atoms with Crippen molar-refractivity contribution in [2.75, 3.05) is 25.0 Å².